The first kappa shape index (κ1) is 12.8. The van der Waals surface area contributed by atoms with Crippen molar-refractivity contribution < 1.29 is 5.11 Å². The minimum atomic E-state index is 0.265. The van der Waals surface area contributed by atoms with Gasteiger partial charge in [0.2, 0.25) is 0 Å². The second-order valence-electron chi connectivity index (χ2n) is 4.24. The maximum absolute atomic E-state index is 8.90. The summed E-state index contributed by atoms with van der Waals surface area (Å²) in [4.78, 5) is 0. The summed E-state index contributed by atoms with van der Waals surface area (Å²) in [5.74, 6) is 0.530. The number of nitrogens with one attached hydrogen (secondary N) is 1. The lowest BCUT2D eigenvalue weighted by Crippen LogP contribution is -2.15. The molecule has 0 saturated carbocycles. The van der Waals surface area contributed by atoms with Gasteiger partial charge in [-0.3, -0.25) is 0 Å². The van der Waals surface area contributed by atoms with E-state index in [4.69, 9.17) is 10.8 Å². The number of aliphatic hydroxyl groups excluding tert-OH is 1. The van der Waals surface area contributed by atoms with Gasteiger partial charge in [0.05, 0.1) is 0 Å². The Bertz CT molecular complexity index is 326. The lowest BCUT2D eigenvalue weighted by molar-refractivity contribution is 0.258. The molecule has 1 rings (SSSR count). The fourth-order valence-electron chi connectivity index (χ4n) is 1.68. The fraction of sp³-hybridized carbons (Fsp3) is 0.538. The third-order valence-electron chi connectivity index (χ3n) is 2.98. The van der Waals surface area contributed by atoms with Gasteiger partial charge in [-0.1, -0.05) is 13.3 Å². The Morgan fingerprint density at radius 3 is 2.75 bits per heavy atom. The van der Waals surface area contributed by atoms with Crippen molar-refractivity contribution in [2.75, 3.05) is 24.2 Å². The van der Waals surface area contributed by atoms with Crippen LogP contribution in [0.1, 0.15) is 25.3 Å². The Kier molecular flexibility index (Phi) is 5.12. The predicted octanol–water partition coefficient (Wildman–Crippen LogP) is 2.40. The summed E-state index contributed by atoms with van der Waals surface area (Å²) in [6, 6.07) is 5.97. The number of rotatable bonds is 6. The summed E-state index contributed by atoms with van der Waals surface area (Å²) < 4.78 is 0. The first-order chi connectivity index (χ1) is 7.67. The van der Waals surface area contributed by atoms with Gasteiger partial charge in [-0.25, -0.2) is 0 Å². The Morgan fingerprint density at radius 1 is 1.44 bits per heavy atom. The summed E-state index contributed by atoms with van der Waals surface area (Å²) in [5, 5.41) is 12.3. The van der Waals surface area contributed by atoms with Gasteiger partial charge in [0.25, 0.3) is 0 Å². The van der Waals surface area contributed by atoms with Gasteiger partial charge in [-0.15, -0.1) is 0 Å². The normalized spacial score (nSPS) is 12.4. The molecule has 0 aliphatic rings. The van der Waals surface area contributed by atoms with Crippen LogP contribution in [-0.2, 0) is 0 Å². The van der Waals surface area contributed by atoms with E-state index in [1.54, 1.807) is 0 Å². The maximum atomic E-state index is 8.90. The minimum absolute atomic E-state index is 0.265. The molecule has 0 saturated heterocycles. The van der Waals surface area contributed by atoms with Crippen LogP contribution in [-0.4, -0.2) is 18.3 Å². The monoisotopic (exact) mass is 222 g/mol. The Balaban J connectivity index is 2.50. The highest BCUT2D eigenvalue weighted by Gasteiger charge is 2.05. The summed E-state index contributed by atoms with van der Waals surface area (Å²) in [6.45, 7) is 5.32. The molecule has 0 heterocycles. The molecule has 1 aromatic carbocycles. The van der Waals surface area contributed by atoms with Crippen LogP contribution >= 0.6 is 0 Å². The second-order valence-corrected chi connectivity index (χ2v) is 4.24. The zero-order chi connectivity index (χ0) is 12.0. The van der Waals surface area contributed by atoms with E-state index in [0.29, 0.717) is 5.92 Å². The largest absolute Gasteiger partial charge is 0.399 e. The number of aliphatic hydroxyl groups is 1. The standard InChI is InChI=1S/C13H22N2O/c1-3-11(6-7-16)9-15-12-4-5-13(14)10(2)8-12/h4-5,8,11,15-16H,3,6-7,9,14H2,1-2H3. The molecule has 0 spiro atoms. The lowest BCUT2D eigenvalue weighted by atomic mass is 10.0. The Hall–Kier alpha value is -1.22. The summed E-state index contributed by atoms with van der Waals surface area (Å²) in [5.41, 5.74) is 8.78. The molecule has 0 aliphatic heterocycles. The minimum Gasteiger partial charge on any atom is -0.399 e. The van der Waals surface area contributed by atoms with E-state index in [-0.39, 0.29) is 6.61 Å². The Labute approximate surface area is 97.7 Å². The molecule has 0 aromatic heterocycles. The molecule has 1 unspecified atom stereocenters. The lowest BCUT2D eigenvalue weighted by Gasteiger charge is -2.15. The molecular weight excluding hydrogens is 200 g/mol. The molecule has 0 radical (unpaired) electrons. The zero-order valence-electron chi connectivity index (χ0n) is 10.2. The molecule has 3 nitrogen and oxygen atoms in total. The van der Waals surface area contributed by atoms with Crippen LogP contribution < -0.4 is 11.1 Å². The molecule has 90 valence electrons. The molecule has 0 aliphatic carbocycles. The highest BCUT2D eigenvalue weighted by Crippen LogP contribution is 2.17. The van der Waals surface area contributed by atoms with E-state index in [9.17, 15) is 0 Å². The maximum Gasteiger partial charge on any atom is 0.0434 e. The topological polar surface area (TPSA) is 58.3 Å². The number of nitrogen functional groups attached to an aromatic ring is 1. The third-order valence-corrected chi connectivity index (χ3v) is 2.98. The van der Waals surface area contributed by atoms with Crippen molar-refractivity contribution in [1.82, 2.24) is 0 Å². The van der Waals surface area contributed by atoms with Crippen LogP contribution in [0.3, 0.4) is 0 Å². The van der Waals surface area contributed by atoms with Crippen LogP contribution in [0.4, 0.5) is 11.4 Å². The number of aryl methyl sites for hydroxylation is 1. The van der Waals surface area contributed by atoms with Crippen LogP contribution in [0.15, 0.2) is 18.2 Å². The number of hydrogen-bond acceptors (Lipinski definition) is 3. The molecule has 16 heavy (non-hydrogen) atoms. The average molecular weight is 222 g/mol. The number of benzene rings is 1. The van der Waals surface area contributed by atoms with Crippen molar-refractivity contribution in [3.8, 4) is 0 Å². The highest BCUT2D eigenvalue weighted by atomic mass is 16.3. The second kappa shape index (κ2) is 6.38. The van der Waals surface area contributed by atoms with E-state index in [1.807, 2.05) is 19.1 Å². The van der Waals surface area contributed by atoms with E-state index in [2.05, 4.69) is 18.3 Å². The van der Waals surface area contributed by atoms with Crippen molar-refractivity contribution in [2.45, 2.75) is 26.7 Å². The van der Waals surface area contributed by atoms with Crippen molar-refractivity contribution in [3.63, 3.8) is 0 Å². The van der Waals surface area contributed by atoms with Gasteiger partial charge >= 0.3 is 0 Å². The first-order valence-electron chi connectivity index (χ1n) is 5.88. The van der Waals surface area contributed by atoms with E-state index >= 15 is 0 Å². The predicted molar refractivity (Wildman–Crippen MR) is 69.6 cm³/mol. The third kappa shape index (κ3) is 3.74. The molecule has 1 aromatic rings. The van der Waals surface area contributed by atoms with Crippen molar-refractivity contribution in [2.24, 2.45) is 5.92 Å². The highest BCUT2D eigenvalue weighted by molar-refractivity contribution is 5.56. The Morgan fingerprint density at radius 2 is 2.19 bits per heavy atom. The smallest absolute Gasteiger partial charge is 0.0434 e. The summed E-state index contributed by atoms with van der Waals surface area (Å²) in [7, 11) is 0. The summed E-state index contributed by atoms with van der Waals surface area (Å²) in [6.07, 6.45) is 1.94. The van der Waals surface area contributed by atoms with Gasteiger partial charge < -0.3 is 16.2 Å². The van der Waals surface area contributed by atoms with Crippen LogP contribution in [0.25, 0.3) is 0 Å². The molecule has 0 amide bonds. The van der Waals surface area contributed by atoms with E-state index < -0.39 is 0 Å². The van der Waals surface area contributed by atoms with Crippen molar-refractivity contribution >= 4 is 11.4 Å². The molecule has 3 heteroatoms. The van der Waals surface area contributed by atoms with Gasteiger partial charge in [-0.2, -0.15) is 0 Å². The number of hydrogen-bond donors (Lipinski definition) is 3. The number of anilines is 2. The van der Waals surface area contributed by atoms with Crippen LogP contribution in [0.5, 0.6) is 0 Å². The molecule has 0 fully saturated rings. The van der Waals surface area contributed by atoms with E-state index in [1.165, 1.54) is 0 Å². The molecule has 1 atom stereocenters. The van der Waals surface area contributed by atoms with Crippen molar-refractivity contribution in [1.29, 1.82) is 0 Å². The molecule has 4 N–H and O–H groups in total. The summed E-state index contributed by atoms with van der Waals surface area (Å²) >= 11 is 0. The fourth-order valence-corrected chi connectivity index (χ4v) is 1.68. The van der Waals surface area contributed by atoms with Crippen molar-refractivity contribution in [3.05, 3.63) is 23.8 Å². The van der Waals surface area contributed by atoms with Gasteiger partial charge in [-0.05, 0) is 43.0 Å². The van der Waals surface area contributed by atoms with Gasteiger partial charge in [0, 0.05) is 24.5 Å². The molecular formula is C13H22N2O. The first-order valence-corrected chi connectivity index (χ1v) is 5.88. The van der Waals surface area contributed by atoms with Crippen LogP contribution in [0, 0.1) is 12.8 Å². The van der Waals surface area contributed by atoms with Gasteiger partial charge in [0.1, 0.15) is 0 Å². The quantitative estimate of drug-likeness (QED) is 0.648. The van der Waals surface area contributed by atoms with Gasteiger partial charge in [0.15, 0.2) is 0 Å². The number of nitrogens with two attached hydrogens (primary N) is 1. The molecule has 0 bridgehead atoms. The van der Waals surface area contributed by atoms with E-state index in [0.717, 1.165) is 36.3 Å². The average Bonchev–Trinajstić information content (AvgIpc) is 2.28. The SMILES string of the molecule is CCC(CCO)CNc1ccc(N)c(C)c1. The zero-order valence-corrected chi connectivity index (χ0v) is 10.2. The van der Waals surface area contributed by atoms with Crippen LogP contribution in [0.2, 0.25) is 0 Å².